The van der Waals surface area contributed by atoms with Crippen molar-refractivity contribution in [3.8, 4) is 44.9 Å². The Labute approximate surface area is 296 Å². The fourth-order valence-corrected chi connectivity index (χ4v) is 10.3. The summed E-state index contributed by atoms with van der Waals surface area (Å²) in [7, 11) is -0.757. The van der Waals surface area contributed by atoms with Crippen molar-refractivity contribution in [2.75, 3.05) is 0 Å². The Bertz CT molecular complexity index is 2990. The molecule has 0 fully saturated rings. The molecule has 1 aliphatic rings. The lowest BCUT2D eigenvalue weighted by Gasteiger charge is -2.11. The molecule has 5 heterocycles. The van der Waals surface area contributed by atoms with Crippen molar-refractivity contribution in [2.24, 2.45) is 0 Å². The maximum absolute atomic E-state index is 5.21. The van der Waals surface area contributed by atoms with Crippen LogP contribution < -0.4 is 10.4 Å². The van der Waals surface area contributed by atoms with E-state index in [0.29, 0.717) is 0 Å². The molecule has 1 aliphatic heterocycles. The van der Waals surface area contributed by atoms with Gasteiger partial charge in [-0.05, 0) is 87.7 Å². The van der Waals surface area contributed by atoms with Crippen LogP contribution in [0.4, 0.5) is 0 Å². The Hall–Kier alpha value is -6.56. The number of rotatable bonds is 4. The highest BCUT2D eigenvalue weighted by molar-refractivity contribution is 6.73. The van der Waals surface area contributed by atoms with Gasteiger partial charge in [-0.2, -0.15) is 0 Å². The quantitative estimate of drug-likeness (QED) is 0.176. The molecule has 0 amide bonds. The molecule has 0 atom stereocenters. The van der Waals surface area contributed by atoms with Crippen molar-refractivity contribution >= 4 is 63.5 Å². The fraction of sp³-hybridized carbons (Fsp3) is 0. The first kappa shape index (κ1) is 28.3. The molecule has 11 rings (SSSR count). The van der Waals surface area contributed by atoms with Gasteiger partial charge in [0, 0.05) is 62.6 Å². The molecular formula is C46H30N4Si. The minimum atomic E-state index is -0.757. The van der Waals surface area contributed by atoms with Gasteiger partial charge >= 0.3 is 0 Å². The van der Waals surface area contributed by atoms with Crippen LogP contribution in [0.5, 0.6) is 0 Å². The van der Waals surface area contributed by atoms with E-state index in [2.05, 4.69) is 173 Å². The topological polar surface area (TPSA) is 35.6 Å². The van der Waals surface area contributed by atoms with Gasteiger partial charge in [-0.1, -0.05) is 91.0 Å². The minimum Gasteiger partial charge on any atom is -0.309 e. The lowest BCUT2D eigenvalue weighted by atomic mass is 9.97. The average molecular weight is 667 g/mol. The highest BCUT2D eigenvalue weighted by Gasteiger charge is 2.26. The predicted octanol–water partition coefficient (Wildman–Crippen LogP) is 9.10. The zero-order chi connectivity index (χ0) is 33.5. The van der Waals surface area contributed by atoms with Crippen molar-refractivity contribution in [1.29, 1.82) is 0 Å². The number of pyridine rings is 2. The highest BCUT2D eigenvalue weighted by atomic mass is 28.2. The standard InChI is InChI=1S/C46H30N4Si/c1-3-11-32(12-4-1)49-39-17-9-7-15-34(39)36-23-29(19-21-41(36)49)31-25-43-46(48-26-31)45-38(27-47-28-44(45)51-43)30-20-22-42-37(24-30)35-16-8-10-18-40(35)50(42)33-13-5-2-6-14-33/h1-28H,51H2. The van der Waals surface area contributed by atoms with Crippen LogP contribution in [-0.2, 0) is 0 Å². The molecule has 51 heavy (non-hydrogen) atoms. The largest absolute Gasteiger partial charge is 0.309 e. The van der Waals surface area contributed by atoms with Crippen LogP contribution in [0.15, 0.2) is 170 Å². The van der Waals surface area contributed by atoms with E-state index in [1.54, 1.807) is 0 Å². The molecule has 0 saturated carbocycles. The molecular weight excluding hydrogens is 637 g/mol. The summed E-state index contributed by atoms with van der Waals surface area (Å²) in [6, 6.07) is 54.8. The van der Waals surface area contributed by atoms with E-state index in [4.69, 9.17) is 9.97 Å². The van der Waals surface area contributed by atoms with Gasteiger partial charge in [0.05, 0.1) is 37.3 Å². The van der Waals surface area contributed by atoms with Crippen LogP contribution in [0.3, 0.4) is 0 Å². The Morgan fingerprint density at radius 2 is 0.961 bits per heavy atom. The normalized spacial score (nSPS) is 12.7. The molecule has 0 saturated heterocycles. The molecule has 6 aromatic carbocycles. The maximum Gasteiger partial charge on any atom is 0.0933 e. The molecule has 0 spiro atoms. The molecule has 0 bridgehead atoms. The third-order valence-electron chi connectivity index (χ3n) is 10.6. The fourth-order valence-electron chi connectivity index (χ4n) is 8.37. The van der Waals surface area contributed by atoms with Gasteiger partial charge in [-0.15, -0.1) is 0 Å². The maximum atomic E-state index is 5.21. The number of fused-ring (bicyclic) bond motifs is 9. The molecule has 10 aromatic rings. The summed E-state index contributed by atoms with van der Waals surface area (Å²) in [5.74, 6) is 0. The SMILES string of the molecule is c1ccc(-n2c3ccccc3c3cc(-c4cnc5c(c4)[SiH2]c4cncc(-c6ccc7c(c6)c6ccccc6n7-c6ccccc6)c4-5)ccc32)cc1. The molecule has 4 aromatic heterocycles. The van der Waals surface area contributed by atoms with Gasteiger partial charge in [-0.3, -0.25) is 9.97 Å². The summed E-state index contributed by atoms with van der Waals surface area (Å²) in [5.41, 5.74) is 14.2. The van der Waals surface area contributed by atoms with Crippen LogP contribution >= 0.6 is 0 Å². The summed E-state index contributed by atoms with van der Waals surface area (Å²) < 4.78 is 4.73. The summed E-state index contributed by atoms with van der Waals surface area (Å²) in [6.45, 7) is 0. The van der Waals surface area contributed by atoms with E-state index >= 15 is 0 Å². The van der Waals surface area contributed by atoms with Crippen molar-refractivity contribution < 1.29 is 0 Å². The van der Waals surface area contributed by atoms with E-state index in [0.717, 1.165) is 16.8 Å². The number of nitrogens with zero attached hydrogens (tertiary/aromatic N) is 4. The van der Waals surface area contributed by atoms with Gasteiger partial charge in [0.25, 0.3) is 0 Å². The summed E-state index contributed by atoms with van der Waals surface area (Å²) in [4.78, 5) is 9.99. The second-order valence-electron chi connectivity index (χ2n) is 13.5. The van der Waals surface area contributed by atoms with Crippen molar-refractivity contribution in [1.82, 2.24) is 19.1 Å². The monoisotopic (exact) mass is 666 g/mol. The number of hydrogen-bond donors (Lipinski definition) is 0. The van der Waals surface area contributed by atoms with Gasteiger partial charge in [0.1, 0.15) is 0 Å². The van der Waals surface area contributed by atoms with Gasteiger partial charge in [0.2, 0.25) is 0 Å². The van der Waals surface area contributed by atoms with Gasteiger partial charge in [-0.25, -0.2) is 0 Å². The van der Waals surface area contributed by atoms with Gasteiger partial charge < -0.3 is 9.13 Å². The lowest BCUT2D eigenvalue weighted by Crippen LogP contribution is -2.21. The van der Waals surface area contributed by atoms with Gasteiger partial charge in [0.15, 0.2) is 0 Å². The first-order valence-corrected chi connectivity index (χ1v) is 18.9. The van der Waals surface area contributed by atoms with Crippen LogP contribution in [0.1, 0.15) is 0 Å². The van der Waals surface area contributed by atoms with Crippen molar-refractivity contribution in [3.05, 3.63) is 170 Å². The highest BCUT2D eigenvalue weighted by Crippen LogP contribution is 2.39. The van der Waals surface area contributed by atoms with Crippen LogP contribution in [0, 0.1) is 0 Å². The molecule has 4 nitrogen and oxygen atoms in total. The van der Waals surface area contributed by atoms with E-state index in [9.17, 15) is 0 Å². The Kier molecular flexibility index (Phi) is 6.09. The lowest BCUT2D eigenvalue weighted by molar-refractivity contribution is 1.18. The summed E-state index contributed by atoms with van der Waals surface area (Å²) in [5, 5.41) is 7.75. The smallest absolute Gasteiger partial charge is 0.0933 e. The van der Waals surface area contributed by atoms with E-state index in [1.165, 1.54) is 82.1 Å². The number of aromatic nitrogens is 4. The molecule has 238 valence electrons. The van der Waals surface area contributed by atoms with Crippen LogP contribution in [0.2, 0.25) is 0 Å². The second kappa shape index (κ2) is 11.0. The van der Waals surface area contributed by atoms with Crippen molar-refractivity contribution in [3.63, 3.8) is 0 Å². The van der Waals surface area contributed by atoms with Crippen molar-refractivity contribution in [2.45, 2.75) is 0 Å². The number of para-hydroxylation sites is 4. The zero-order valence-corrected chi connectivity index (χ0v) is 29.1. The average Bonchev–Trinajstić information content (AvgIpc) is 3.85. The zero-order valence-electron chi connectivity index (χ0n) is 27.7. The molecule has 0 N–H and O–H groups in total. The van der Waals surface area contributed by atoms with Crippen LogP contribution in [-0.4, -0.2) is 28.6 Å². The van der Waals surface area contributed by atoms with Crippen LogP contribution in [0.25, 0.3) is 88.5 Å². The Morgan fingerprint density at radius 3 is 1.61 bits per heavy atom. The summed E-state index contributed by atoms with van der Waals surface area (Å²) >= 11 is 0. The third-order valence-corrected chi connectivity index (χ3v) is 12.5. The van der Waals surface area contributed by atoms with E-state index in [-0.39, 0.29) is 0 Å². The Balaban J connectivity index is 1.02. The number of hydrogen-bond acceptors (Lipinski definition) is 2. The first-order valence-electron chi connectivity index (χ1n) is 17.4. The first-order chi connectivity index (χ1) is 25.3. The third kappa shape index (κ3) is 4.25. The number of benzene rings is 6. The molecule has 0 radical (unpaired) electrons. The van der Waals surface area contributed by atoms with E-state index < -0.39 is 9.52 Å². The minimum absolute atomic E-state index is 0.757. The molecule has 0 aliphatic carbocycles. The Morgan fingerprint density at radius 1 is 0.412 bits per heavy atom. The molecule has 5 heteroatoms. The second-order valence-corrected chi connectivity index (χ2v) is 15.3. The van der Waals surface area contributed by atoms with E-state index in [1.807, 2.05) is 6.20 Å². The molecule has 0 unspecified atom stereocenters. The summed E-state index contributed by atoms with van der Waals surface area (Å²) in [6.07, 6.45) is 6.18. The predicted molar refractivity (Wildman–Crippen MR) is 215 cm³/mol.